The van der Waals surface area contributed by atoms with Gasteiger partial charge in [-0.15, -0.1) is 0 Å². The summed E-state index contributed by atoms with van der Waals surface area (Å²) in [7, 11) is 1.40. The van der Waals surface area contributed by atoms with Gasteiger partial charge in [-0.05, 0) is 67.6 Å². The van der Waals surface area contributed by atoms with Crippen molar-refractivity contribution < 1.29 is 23.7 Å². The summed E-state index contributed by atoms with van der Waals surface area (Å²) in [6.45, 7) is 10.7. The molecule has 0 aliphatic carbocycles. The van der Waals surface area contributed by atoms with Gasteiger partial charge in [0, 0.05) is 16.5 Å². The van der Waals surface area contributed by atoms with Crippen molar-refractivity contribution in [3.05, 3.63) is 57.6 Å². The second kappa shape index (κ2) is 9.25. The number of rotatable bonds is 4. The molecule has 0 N–H and O–H groups in total. The van der Waals surface area contributed by atoms with Crippen molar-refractivity contribution in [1.29, 1.82) is 0 Å². The number of fused-ring (bicyclic) bond motifs is 3. The zero-order valence-corrected chi connectivity index (χ0v) is 22.0. The number of methoxy groups -OCH3 is 1. The molecule has 1 fully saturated rings. The summed E-state index contributed by atoms with van der Waals surface area (Å²) in [5, 5.41) is 1.20. The van der Waals surface area contributed by atoms with Crippen molar-refractivity contribution >= 4 is 29.2 Å². The molecule has 4 atom stereocenters. The number of carbonyl (C=O) groups excluding carboxylic acids is 1. The van der Waals surface area contributed by atoms with E-state index in [2.05, 4.69) is 26.8 Å². The molecule has 2 aromatic rings. The van der Waals surface area contributed by atoms with Crippen LogP contribution in [0.4, 0.5) is 0 Å². The summed E-state index contributed by atoms with van der Waals surface area (Å²) in [4.78, 5) is 12.8. The zero-order chi connectivity index (χ0) is 24.8. The van der Waals surface area contributed by atoms with Gasteiger partial charge in [0.1, 0.15) is 29.8 Å². The fraction of sp³-hybridized carbons (Fsp3) is 0.519. The molecule has 2 aromatic carbocycles. The monoisotopic (exact) mass is 506 g/mol. The van der Waals surface area contributed by atoms with Gasteiger partial charge in [-0.1, -0.05) is 44.0 Å². The summed E-state index contributed by atoms with van der Waals surface area (Å²) in [6.07, 6.45) is -0.239. The lowest BCUT2D eigenvalue weighted by molar-refractivity contribution is -0.194. The summed E-state index contributed by atoms with van der Waals surface area (Å²) in [5.41, 5.74) is 1.34. The lowest BCUT2D eigenvalue weighted by Crippen LogP contribution is -2.53. The van der Waals surface area contributed by atoms with E-state index >= 15 is 0 Å². The van der Waals surface area contributed by atoms with Gasteiger partial charge in [-0.3, -0.25) is 4.79 Å². The standard InChI is InChI=1S/C27H32Cl2O5/c1-26(2,3)15-11-19-23-20(27(4,5)34-24(19)21(29)12-15)13-18(25(30)31-6)22(33-23)14-32-17-9-7-16(28)8-10-17/h7-12,18,20,22-23H,13-14H2,1-6H3/t18-,20+,22+,23-/m0/s1. The highest BCUT2D eigenvalue weighted by Crippen LogP contribution is 2.54. The molecule has 0 amide bonds. The van der Waals surface area contributed by atoms with Gasteiger partial charge < -0.3 is 18.9 Å². The van der Waals surface area contributed by atoms with Gasteiger partial charge in [-0.2, -0.15) is 0 Å². The maximum Gasteiger partial charge on any atom is 0.311 e. The van der Waals surface area contributed by atoms with Crippen LogP contribution >= 0.6 is 23.2 Å². The number of ether oxygens (including phenoxy) is 4. The van der Waals surface area contributed by atoms with E-state index in [9.17, 15) is 4.79 Å². The van der Waals surface area contributed by atoms with E-state index in [1.54, 1.807) is 24.3 Å². The average molecular weight is 507 g/mol. The Morgan fingerprint density at radius 2 is 1.82 bits per heavy atom. The molecule has 0 unspecified atom stereocenters. The van der Waals surface area contributed by atoms with E-state index in [0.29, 0.717) is 28.0 Å². The Morgan fingerprint density at radius 1 is 1.15 bits per heavy atom. The van der Waals surface area contributed by atoms with Crippen molar-refractivity contribution in [2.45, 2.75) is 64.3 Å². The minimum absolute atomic E-state index is 0.0674. The number of benzene rings is 2. The van der Waals surface area contributed by atoms with Gasteiger partial charge in [0.15, 0.2) is 0 Å². The summed E-state index contributed by atoms with van der Waals surface area (Å²) in [6, 6.07) is 11.2. The highest BCUT2D eigenvalue weighted by atomic mass is 35.5. The maximum atomic E-state index is 12.8. The third-order valence-corrected chi connectivity index (χ3v) is 7.41. The number of hydrogen-bond donors (Lipinski definition) is 0. The van der Waals surface area contributed by atoms with Crippen LogP contribution < -0.4 is 9.47 Å². The molecule has 4 rings (SSSR count). The van der Waals surface area contributed by atoms with Crippen LogP contribution in [0.1, 0.15) is 58.3 Å². The van der Waals surface area contributed by atoms with E-state index < -0.39 is 17.6 Å². The van der Waals surface area contributed by atoms with Crippen LogP contribution in [-0.4, -0.2) is 31.4 Å². The number of esters is 1. The van der Waals surface area contributed by atoms with Crippen LogP contribution in [0.2, 0.25) is 10.0 Å². The molecule has 0 spiro atoms. The molecule has 1 saturated heterocycles. The second-order valence-corrected chi connectivity index (χ2v) is 11.5. The predicted octanol–water partition coefficient (Wildman–Crippen LogP) is 6.78. The summed E-state index contributed by atoms with van der Waals surface area (Å²) >= 11 is 12.7. The Hall–Kier alpha value is -1.95. The molecular weight excluding hydrogens is 475 g/mol. The van der Waals surface area contributed by atoms with Crippen LogP contribution in [0.3, 0.4) is 0 Å². The molecule has 184 valence electrons. The molecule has 7 heteroatoms. The largest absolute Gasteiger partial charge is 0.491 e. The smallest absolute Gasteiger partial charge is 0.311 e. The molecular formula is C27H32Cl2O5. The minimum Gasteiger partial charge on any atom is -0.491 e. The van der Waals surface area contributed by atoms with Crippen molar-refractivity contribution in [3.8, 4) is 11.5 Å². The Labute approximate surface area is 211 Å². The number of halogens is 2. The first-order valence-electron chi connectivity index (χ1n) is 11.6. The van der Waals surface area contributed by atoms with E-state index in [1.807, 2.05) is 19.9 Å². The number of hydrogen-bond acceptors (Lipinski definition) is 5. The van der Waals surface area contributed by atoms with Gasteiger partial charge in [0.25, 0.3) is 0 Å². The highest BCUT2D eigenvalue weighted by Gasteiger charge is 2.53. The molecule has 34 heavy (non-hydrogen) atoms. The third-order valence-electron chi connectivity index (χ3n) is 6.88. The van der Waals surface area contributed by atoms with E-state index in [4.69, 9.17) is 42.1 Å². The van der Waals surface area contributed by atoms with Crippen molar-refractivity contribution in [2.75, 3.05) is 13.7 Å². The first-order valence-corrected chi connectivity index (χ1v) is 12.3. The Morgan fingerprint density at radius 3 is 2.44 bits per heavy atom. The fourth-order valence-electron chi connectivity index (χ4n) is 4.83. The number of carbonyl (C=O) groups is 1. The minimum atomic E-state index is -0.584. The molecule has 2 aliphatic heterocycles. The molecule has 5 nitrogen and oxygen atoms in total. The molecule has 0 saturated carbocycles. The van der Waals surface area contributed by atoms with E-state index in [1.165, 1.54) is 7.11 Å². The van der Waals surface area contributed by atoms with Gasteiger partial charge in [-0.25, -0.2) is 0 Å². The van der Waals surface area contributed by atoms with Crippen molar-refractivity contribution in [2.24, 2.45) is 11.8 Å². The van der Waals surface area contributed by atoms with E-state index in [-0.39, 0.29) is 30.0 Å². The lowest BCUT2D eigenvalue weighted by Gasteiger charge is -2.50. The lowest BCUT2D eigenvalue weighted by atomic mass is 9.71. The zero-order valence-electron chi connectivity index (χ0n) is 20.5. The first kappa shape index (κ1) is 25.2. The third kappa shape index (κ3) is 4.89. The molecule has 0 radical (unpaired) electrons. The van der Waals surface area contributed by atoms with Gasteiger partial charge in [0.05, 0.1) is 24.2 Å². The molecule has 2 aliphatic rings. The van der Waals surface area contributed by atoms with Crippen molar-refractivity contribution in [1.82, 2.24) is 0 Å². The normalized spacial score (nSPS) is 25.5. The molecule has 0 aromatic heterocycles. The van der Waals surface area contributed by atoms with Gasteiger partial charge in [0.2, 0.25) is 0 Å². The van der Waals surface area contributed by atoms with Crippen LogP contribution in [0.25, 0.3) is 0 Å². The fourth-order valence-corrected chi connectivity index (χ4v) is 5.23. The first-order chi connectivity index (χ1) is 15.9. The van der Waals surface area contributed by atoms with Crippen LogP contribution in [0, 0.1) is 11.8 Å². The Kier molecular flexibility index (Phi) is 6.84. The Balaban J connectivity index is 1.70. The van der Waals surface area contributed by atoms with Crippen LogP contribution in [0.15, 0.2) is 36.4 Å². The molecule has 0 bridgehead atoms. The Bertz CT molecular complexity index is 1060. The highest BCUT2D eigenvalue weighted by molar-refractivity contribution is 6.32. The van der Waals surface area contributed by atoms with Crippen molar-refractivity contribution in [3.63, 3.8) is 0 Å². The van der Waals surface area contributed by atoms with Crippen LogP contribution in [0.5, 0.6) is 11.5 Å². The molecule has 2 heterocycles. The maximum absolute atomic E-state index is 12.8. The van der Waals surface area contributed by atoms with Gasteiger partial charge >= 0.3 is 5.97 Å². The summed E-state index contributed by atoms with van der Waals surface area (Å²) in [5.74, 6) is 0.442. The SMILES string of the molecule is COC(=O)[C@H]1C[C@@H]2[C@@H](O[C@@H]1COc1ccc(Cl)cc1)c1cc(C(C)(C)C)cc(Cl)c1OC2(C)C. The average Bonchev–Trinajstić information content (AvgIpc) is 2.77. The predicted molar refractivity (Wildman–Crippen MR) is 133 cm³/mol. The topological polar surface area (TPSA) is 54.0 Å². The second-order valence-electron chi connectivity index (χ2n) is 10.7. The van der Waals surface area contributed by atoms with E-state index in [0.717, 1.165) is 11.1 Å². The van der Waals surface area contributed by atoms with Crippen LogP contribution in [-0.2, 0) is 19.7 Å². The quantitative estimate of drug-likeness (QED) is 0.427. The summed E-state index contributed by atoms with van der Waals surface area (Å²) < 4.78 is 24.2.